The minimum absolute atomic E-state index is 0.00548. The molecule has 0 radical (unpaired) electrons. The highest BCUT2D eigenvalue weighted by molar-refractivity contribution is 6.34. The van der Waals surface area contributed by atoms with Crippen LogP contribution in [0.1, 0.15) is 89.6 Å². The number of nitrogens with zero attached hydrogens (tertiary/aromatic N) is 7. The van der Waals surface area contributed by atoms with Crippen molar-refractivity contribution < 1.29 is 36.2 Å². The number of carbonyl (C=O) groups excluding carboxylic acids is 1. The number of halogens is 6. The first-order chi connectivity index (χ1) is 25.3. The van der Waals surface area contributed by atoms with Gasteiger partial charge in [0.05, 0.1) is 54.0 Å². The third-order valence-electron chi connectivity index (χ3n) is 11.7. The van der Waals surface area contributed by atoms with Crippen molar-refractivity contribution in [1.82, 2.24) is 29.5 Å². The minimum Gasteiger partial charge on any atom is -0.467 e. The van der Waals surface area contributed by atoms with Gasteiger partial charge in [-0.3, -0.25) is 14.4 Å². The molecule has 4 fully saturated rings. The second-order valence-electron chi connectivity index (χ2n) is 15.1. The summed E-state index contributed by atoms with van der Waals surface area (Å²) in [5.41, 5.74) is 5.51. The lowest BCUT2D eigenvalue weighted by atomic mass is 9.63. The van der Waals surface area contributed by atoms with Gasteiger partial charge in [-0.15, -0.1) is 0 Å². The van der Waals surface area contributed by atoms with Crippen LogP contribution in [0.25, 0.3) is 0 Å². The molecule has 6 aliphatic rings. The highest BCUT2D eigenvalue weighted by Crippen LogP contribution is 2.49. The molecule has 2 N–H and O–H groups in total. The first-order valence-electron chi connectivity index (χ1n) is 18.2. The summed E-state index contributed by atoms with van der Waals surface area (Å²) < 4.78 is 82.2. The summed E-state index contributed by atoms with van der Waals surface area (Å²) in [6.07, 6.45) is 0.699. The number of amides is 1. The van der Waals surface area contributed by atoms with Crippen molar-refractivity contribution >= 4 is 29.0 Å². The number of aryl methyl sites for hydroxylation is 1. The molecular formula is C36H42ClF5N8O3. The van der Waals surface area contributed by atoms with Crippen LogP contribution in [0.5, 0.6) is 6.01 Å². The molecule has 0 bridgehead atoms. The fraction of sp³-hybridized carbons (Fsp3) is 0.611. The van der Waals surface area contributed by atoms with Crippen molar-refractivity contribution in [3.05, 3.63) is 56.7 Å². The van der Waals surface area contributed by atoms with E-state index in [9.17, 15) is 22.4 Å². The van der Waals surface area contributed by atoms with E-state index in [2.05, 4.69) is 20.0 Å². The summed E-state index contributed by atoms with van der Waals surface area (Å²) in [6.45, 7) is 4.48. The summed E-state index contributed by atoms with van der Waals surface area (Å²) in [4.78, 5) is 28.3. The van der Waals surface area contributed by atoms with E-state index in [-0.39, 0.29) is 42.6 Å². The fourth-order valence-electron chi connectivity index (χ4n) is 8.82. The van der Waals surface area contributed by atoms with E-state index in [1.54, 1.807) is 9.58 Å². The number of methoxy groups -OCH3 is 1. The lowest BCUT2D eigenvalue weighted by Gasteiger charge is -2.55. The second kappa shape index (κ2) is 13.8. The molecular weight excluding hydrogens is 723 g/mol. The van der Waals surface area contributed by atoms with Crippen LogP contribution in [0.15, 0.2) is 12.1 Å². The molecule has 17 heteroatoms. The molecule has 9 rings (SSSR count). The maximum Gasteiger partial charge on any atom is 0.416 e. The lowest BCUT2D eigenvalue weighted by Crippen LogP contribution is -2.61. The molecule has 3 saturated heterocycles. The molecule has 3 unspecified atom stereocenters. The lowest BCUT2D eigenvalue weighted by molar-refractivity contribution is -0.140. The van der Waals surface area contributed by atoms with Gasteiger partial charge in [0.2, 0.25) is 0 Å². The minimum atomic E-state index is -4.81. The number of nitrogens with two attached hydrogens (primary N) is 1. The monoisotopic (exact) mass is 764 g/mol. The predicted octanol–water partition coefficient (Wildman–Crippen LogP) is 6.12. The average molecular weight is 765 g/mol. The van der Waals surface area contributed by atoms with Crippen molar-refractivity contribution in [2.75, 3.05) is 50.5 Å². The Hall–Kier alpha value is -3.76. The number of hydrogen-bond acceptors (Lipinski definition) is 9. The number of nitrogen functional groups attached to an aromatic ring is 1. The van der Waals surface area contributed by atoms with Crippen molar-refractivity contribution in [3.63, 3.8) is 0 Å². The molecule has 1 saturated carbocycles. The molecule has 3 aromatic rings. The number of ether oxygens (including phenoxy) is 2. The van der Waals surface area contributed by atoms with Gasteiger partial charge in [-0.05, 0) is 57.2 Å². The van der Waals surface area contributed by atoms with Gasteiger partial charge in [0.25, 0.3) is 5.91 Å². The van der Waals surface area contributed by atoms with Crippen LogP contribution in [0, 0.1) is 11.2 Å². The Morgan fingerprint density at radius 2 is 1.91 bits per heavy atom. The SMILES string of the molecule is COc1nc2c(c(N3CCCn4nc(C(=O)N5CC6(CCC6)C5)c(Cl)c4C3)n1)COC(c1c(C(F)(F)F)ccc(N)c1F)C2.FC1CC2CCCN2C1. The molecule has 53 heavy (non-hydrogen) atoms. The Morgan fingerprint density at radius 3 is 2.60 bits per heavy atom. The van der Waals surface area contributed by atoms with Crippen molar-refractivity contribution in [1.29, 1.82) is 0 Å². The number of fused-ring (bicyclic) bond motifs is 3. The van der Waals surface area contributed by atoms with Crippen LogP contribution in [0.2, 0.25) is 5.02 Å². The predicted molar refractivity (Wildman–Crippen MR) is 185 cm³/mol. The van der Waals surface area contributed by atoms with Crippen LogP contribution in [-0.2, 0) is 37.0 Å². The van der Waals surface area contributed by atoms with E-state index in [0.717, 1.165) is 51.0 Å². The number of rotatable bonds is 4. The Bertz CT molecular complexity index is 1890. The van der Waals surface area contributed by atoms with E-state index in [4.69, 9.17) is 26.8 Å². The van der Waals surface area contributed by atoms with Crippen molar-refractivity contribution in [2.45, 2.75) is 95.6 Å². The van der Waals surface area contributed by atoms with Crippen LogP contribution < -0.4 is 15.4 Å². The quantitative estimate of drug-likeness (QED) is 0.248. The van der Waals surface area contributed by atoms with Gasteiger partial charge in [0.1, 0.15) is 12.0 Å². The number of alkyl halides is 4. The zero-order valence-electron chi connectivity index (χ0n) is 29.4. The highest BCUT2D eigenvalue weighted by atomic mass is 35.5. The zero-order valence-corrected chi connectivity index (χ0v) is 30.2. The van der Waals surface area contributed by atoms with Crippen molar-refractivity contribution in [3.8, 4) is 6.01 Å². The first-order valence-corrected chi connectivity index (χ1v) is 18.6. The molecule has 3 atom stereocenters. The largest absolute Gasteiger partial charge is 0.467 e. The van der Waals surface area contributed by atoms with Gasteiger partial charge < -0.3 is 25.0 Å². The number of benzene rings is 1. The van der Waals surface area contributed by atoms with Gasteiger partial charge in [-0.25, -0.2) is 8.78 Å². The summed E-state index contributed by atoms with van der Waals surface area (Å²) in [6, 6.07) is 2.27. The van der Waals surface area contributed by atoms with Gasteiger partial charge in [-0.1, -0.05) is 18.0 Å². The van der Waals surface area contributed by atoms with Gasteiger partial charge >= 0.3 is 12.2 Å². The van der Waals surface area contributed by atoms with E-state index in [0.29, 0.717) is 59.9 Å². The number of anilines is 2. The smallest absolute Gasteiger partial charge is 0.416 e. The maximum absolute atomic E-state index is 15.1. The van der Waals surface area contributed by atoms with E-state index < -0.39 is 41.1 Å². The van der Waals surface area contributed by atoms with E-state index in [1.807, 2.05) is 4.90 Å². The van der Waals surface area contributed by atoms with Crippen LogP contribution >= 0.6 is 11.6 Å². The standard InChI is InChI=1S/C29H30ClF4N7O3.C7H12FN/c1-43-27-36-18-10-20(21-16(29(32,33)34)4-5-17(35)23(21)31)44-12-15(18)25(37-27)39-8-3-9-41-19(11-39)22(30)24(38-41)26(42)40-13-28(14-40)6-2-7-28;8-6-4-7-2-1-3-9(7)5-6/h4-5,20H,2-3,6-14,35H2,1H3;6-7H,1-5H2. The summed E-state index contributed by atoms with van der Waals surface area (Å²) in [7, 11) is 1.39. The van der Waals surface area contributed by atoms with E-state index >= 15 is 4.39 Å². The molecule has 7 heterocycles. The summed E-state index contributed by atoms with van der Waals surface area (Å²) >= 11 is 6.80. The third-order valence-corrected chi connectivity index (χ3v) is 12.1. The second-order valence-corrected chi connectivity index (χ2v) is 15.5. The van der Waals surface area contributed by atoms with Gasteiger partial charge in [0.15, 0.2) is 11.5 Å². The Labute approximate surface area is 308 Å². The maximum atomic E-state index is 15.1. The summed E-state index contributed by atoms with van der Waals surface area (Å²) in [5, 5.41) is 4.88. The Kier molecular flexibility index (Phi) is 9.45. The number of hydrogen-bond donors (Lipinski definition) is 1. The molecule has 11 nitrogen and oxygen atoms in total. The highest BCUT2D eigenvalue weighted by Gasteiger charge is 2.50. The number of carbonyl (C=O) groups is 1. The Balaban J connectivity index is 0.000000386. The first kappa shape index (κ1) is 36.2. The fourth-order valence-corrected chi connectivity index (χ4v) is 9.09. The van der Waals surface area contributed by atoms with Crippen molar-refractivity contribution in [2.24, 2.45) is 5.41 Å². The van der Waals surface area contributed by atoms with Crippen LogP contribution in [0.4, 0.5) is 33.5 Å². The van der Waals surface area contributed by atoms with Gasteiger partial charge in [-0.2, -0.15) is 28.2 Å². The number of likely N-dealkylation sites (tertiary alicyclic amines) is 1. The van der Waals surface area contributed by atoms with E-state index in [1.165, 1.54) is 26.4 Å². The third kappa shape index (κ3) is 6.68. The molecule has 1 spiro atoms. The zero-order chi connectivity index (χ0) is 37.2. The molecule has 1 aromatic carbocycles. The van der Waals surface area contributed by atoms with Crippen LogP contribution in [-0.4, -0.2) is 87.5 Å². The molecule has 1 amide bonds. The average Bonchev–Trinajstić information content (AvgIpc) is 3.70. The molecule has 2 aromatic heterocycles. The van der Waals surface area contributed by atoms with Crippen LogP contribution in [0.3, 0.4) is 0 Å². The molecule has 5 aliphatic heterocycles. The Morgan fingerprint density at radius 1 is 1.11 bits per heavy atom. The molecule has 1 aliphatic carbocycles. The summed E-state index contributed by atoms with van der Waals surface area (Å²) in [5.74, 6) is -0.883. The topological polar surface area (TPSA) is 115 Å². The normalized spacial score (nSPS) is 24.7. The molecule has 286 valence electrons. The van der Waals surface area contributed by atoms with Gasteiger partial charge in [0, 0.05) is 61.7 Å². The number of aromatic nitrogens is 4.